The van der Waals surface area contributed by atoms with Gasteiger partial charge in [0.2, 0.25) is 0 Å². The van der Waals surface area contributed by atoms with Gasteiger partial charge in [-0.25, -0.2) is 0 Å². The van der Waals surface area contributed by atoms with Crippen molar-refractivity contribution in [3.63, 3.8) is 0 Å². The second-order valence-electron chi connectivity index (χ2n) is 6.47. The van der Waals surface area contributed by atoms with E-state index in [1.165, 1.54) is 29.1 Å². The molecule has 0 aliphatic carbocycles. The quantitative estimate of drug-likeness (QED) is 0.796. The van der Waals surface area contributed by atoms with Crippen molar-refractivity contribution in [3.8, 4) is 0 Å². The second kappa shape index (κ2) is 5.00. The maximum atomic E-state index is 6.07. The molecule has 0 spiro atoms. The highest BCUT2D eigenvalue weighted by atomic mass is 35.5. The van der Waals surface area contributed by atoms with Crippen LogP contribution in [0.1, 0.15) is 23.5 Å². The summed E-state index contributed by atoms with van der Waals surface area (Å²) in [7, 11) is 0. The lowest BCUT2D eigenvalue weighted by Crippen LogP contribution is -2.53. The number of halogens is 1. The van der Waals surface area contributed by atoms with Crippen LogP contribution >= 0.6 is 11.6 Å². The maximum Gasteiger partial charge on any atom is 0.134 e. The molecule has 2 unspecified atom stereocenters. The molecule has 1 saturated heterocycles. The number of hydrogen-bond acceptors (Lipinski definition) is 3. The predicted octanol–water partition coefficient (Wildman–Crippen LogP) is 3.74. The summed E-state index contributed by atoms with van der Waals surface area (Å²) in [5, 5.41) is 0.806. The third-order valence-electron chi connectivity index (χ3n) is 5.31. The van der Waals surface area contributed by atoms with Gasteiger partial charge in [-0.05, 0) is 36.2 Å². The van der Waals surface area contributed by atoms with Crippen molar-refractivity contribution in [1.29, 1.82) is 0 Å². The summed E-state index contributed by atoms with van der Waals surface area (Å²) >= 11 is 6.07. The van der Waals surface area contributed by atoms with E-state index in [1.807, 2.05) is 12.1 Å². The summed E-state index contributed by atoms with van der Waals surface area (Å²) in [5.74, 6) is 1.69. The van der Waals surface area contributed by atoms with Gasteiger partial charge in [-0.3, -0.25) is 4.99 Å². The summed E-state index contributed by atoms with van der Waals surface area (Å²) in [5.41, 5.74) is 4.01. The van der Waals surface area contributed by atoms with Crippen LogP contribution in [0.2, 0.25) is 5.02 Å². The highest BCUT2D eigenvalue weighted by Crippen LogP contribution is 2.44. The minimum absolute atomic E-state index is 0.382. The van der Waals surface area contributed by atoms with Crippen LogP contribution in [0.4, 0.5) is 5.69 Å². The van der Waals surface area contributed by atoms with Gasteiger partial charge in [0, 0.05) is 35.3 Å². The lowest BCUT2D eigenvalue weighted by Gasteiger charge is -2.43. The lowest BCUT2D eigenvalue weighted by molar-refractivity contribution is 0.311. The SMILES string of the molecule is Clc1ccc(C2CCN3c4ccccc4C4=NCCN4C23)cc1. The Kier molecular flexibility index (Phi) is 2.92. The molecule has 3 aliphatic rings. The fourth-order valence-corrected chi connectivity index (χ4v) is 4.47. The van der Waals surface area contributed by atoms with Crippen LogP contribution in [0, 0.1) is 0 Å². The molecule has 4 heteroatoms. The molecule has 1 fully saturated rings. The van der Waals surface area contributed by atoms with Crippen molar-refractivity contribution in [2.45, 2.75) is 18.5 Å². The Bertz CT molecular complexity index is 783. The first kappa shape index (κ1) is 13.4. The minimum atomic E-state index is 0.382. The van der Waals surface area contributed by atoms with Gasteiger partial charge in [0.05, 0.1) is 6.54 Å². The molecular weight excluding hydrogens is 306 g/mol. The zero-order valence-electron chi connectivity index (χ0n) is 12.8. The second-order valence-corrected chi connectivity index (χ2v) is 6.91. The fourth-order valence-electron chi connectivity index (χ4n) is 4.34. The van der Waals surface area contributed by atoms with Crippen molar-refractivity contribution in [2.24, 2.45) is 4.99 Å². The van der Waals surface area contributed by atoms with Gasteiger partial charge >= 0.3 is 0 Å². The van der Waals surface area contributed by atoms with Gasteiger partial charge in [0.15, 0.2) is 0 Å². The number of anilines is 1. The predicted molar refractivity (Wildman–Crippen MR) is 94.5 cm³/mol. The molecule has 2 aromatic carbocycles. The Hall–Kier alpha value is -2.00. The highest BCUT2D eigenvalue weighted by molar-refractivity contribution is 6.30. The molecule has 0 aromatic heterocycles. The standard InChI is InChI=1S/C19H18ClN3/c20-14-7-5-13(6-8-14)15-9-11-22-17-4-2-1-3-16(17)18-21-10-12-23(18)19(15)22/h1-8,15,19H,9-12H2. The molecule has 2 atom stereocenters. The van der Waals surface area contributed by atoms with E-state index in [0.29, 0.717) is 12.1 Å². The van der Waals surface area contributed by atoms with E-state index in [2.05, 4.69) is 46.2 Å². The van der Waals surface area contributed by atoms with Crippen molar-refractivity contribution >= 4 is 23.1 Å². The Morgan fingerprint density at radius 2 is 1.78 bits per heavy atom. The summed E-state index contributed by atoms with van der Waals surface area (Å²) in [6.07, 6.45) is 1.55. The summed E-state index contributed by atoms with van der Waals surface area (Å²) < 4.78 is 0. The Morgan fingerprint density at radius 1 is 0.957 bits per heavy atom. The maximum absolute atomic E-state index is 6.07. The van der Waals surface area contributed by atoms with E-state index in [0.717, 1.165) is 24.7 Å². The fraction of sp³-hybridized carbons (Fsp3) is 0.316. The van der Waals surface area contributed by atoms with Crippen LogP contribution < -0.4 is 4.90 Å². The number of benzene rings is 2. The molecule has 23 heavy (non-hydrogen) atoms. The molecule has 2 aromatic rings. The third-order valence-corrected chi connectivity index (χ3v) is 5.56. The van der Waals surface area contributed by atoms with Crippen molar-refractivity contribution in [2.75, 3.05) is 24.5 Å². The zero-order valence-corrected chi connectivity index (χ0v) is 13.6. The Balaban J connectivity index is 1.61. The monoisotopic (exact) mass is 323 g/mol. The van der Waals surface area contributed by atoms with Gasteiger partial charge in [-0.1, -0.05) is 35.9 Å². The molecule has 0 amide bonds. The molecule has 3 aliphatic heterocycles. The van der Waals surface area contributed by atoms with E-state index < -0.39 is 0 Å². The number of aliphatic imine (C=N–C) groups is 1. The molecule has 3 nitrogen and oxygen atoms in total. The topological polar surface area (TPSA) is 18.8 Å². The van der Waals surface area contributed by atoms with Crippen LogP contribution in [0.5, 0.6) is 0 Å². The first-order valence-electron chi connectivity index (χ1n) is 8.25. The van der Waals surface area contributed by atoms with Crippen molar-refractivity contribution in [1.82, 2.24) is 4.90 Å². The smallest absolute Gasteiger partial charge is 0.134 e. The molecule has 3 heterocycles. The highest BCUT2D eigenvalue weighted by Gasteiger charge is 2.45. The van der Waals surface area contributed by atoms with Gasteiger partial charge in [-0.2, -0.15) is 0 Å². The minimum Gasteiger partial charge on any atom is -0.350 e. The number of hydrogen-bond donors (Lipinski definition) is 0. The normalized spacial score (nSPS) is 25.0. The number of fused-ring (bicyclic) bond motifs is 6. The first-order chi connectivity index (χ1) is 11.3. The molecular formula is C19H18ClN3. The summed E-state index contributed by atoms with van der Waals surface area (Å²) in [6, 6.07) is 17.1. The molecule has 0 radical (unpaired) electrons. The van der Waals surface area contributed by atoms with Crippen LogP contribution in [0.3, 0.4) is 0 Å². The average molecular weight is 324 g/mol. The van der Waals surface area contributed by atoms with Gasteiger partial charge in [0.25, 0.3) is 0 Å². The number of rotatable bonds is 1. The van der Waals surface area contributed by atoms with Crippen LogP contribution in [0.25, 0.3) is 0 Å². The van der Waals surface area contributed by atoms with E-state index in [-0.39, 0.29) is 0 Å². The average Bonchev–Trinajstić information content (AvgIpc) is 3.22. The van der Waals surface area contributed by atoms with E-state index in [4.69, 9.17) is 16.6 Å². The van der Waals surface area contributed by atoms with Crippen molar-refractivity contribution < 1.29 is 0 Å². The summed E-state index contributed by atoms with van der Waals surface area (Å²) in [6.45, 7) is 3.02. The molecule has 116 valence electrons. The number of para-hydroxylation sites is 1. The summed E-state index contributed by atoms with van der Waals surface area (Å²) in [4.78, 5) is 9.87. The number of amidine groups is 1. The van der Waals surface area contributed by atoms with E-state index in [9.17, 15) is 0 Å². The van der Waals surface area contributed by atoms with Crippen molar-refractivity contribution in [3.05, 3.63) is 64.7 Å². The van der Waals surface area contributed by atoms with Crippen LogP contribution in [-0.4, -0.2) is 36.5 Å². The van der Waals surface area contributed by atoms with Crippen LogP contribution in [-0.2, 0) is 0 Å². The third kappa shape index (κ3) is 1.93. The Morgan fingerprint density at radius 3 is 2.65 bits per heavy atom. The van der Waals surface area contributed by atoms with Gasteiger partial charge < -0.3 is 9.80 Å². The molecule has 0 N–H and O–H groups in total. The lowest BCUT2D eigenvalue weighted by atomic mass is 9.93. The molecule has 0 saturated carbocycles. The van der Waals surface area contributed by atoms with Gasteiger partial charge in [0.1, 0.15) is 12.0 Å². The first-order valence-corrected chi connectivity index (χ1v) is 8.63. The van der Waals surface area contributed by atoms with Crippen LogP contribution in [0.15, 0.2) is 53.5 Å². The molecule has 5 rings (SSSR count). The Labute approximate surface area is 141 Å². The molecule has 0 bridgehead atoms. The zero-order chi connectivity index (χ0) is 15.4. The van der Waals surface area contributed by atoms with E-state index >= 15 is 0 Å². The largest absolute Gasteiger partial charge is 0.350 e. The van der Waals surface area contributed by atoms with E-state index in [1.54, 1.807) is 0 Å². The van der Waals surface area contributed by atoms with Gasteiger partial charge in [-0.15, -0.1) is 0 Å². The number of nitrogens with zero attached hydrogens (tertiary/aromatic N) is 3.